The molecule has 1 N–H and O–H groups in total. The normalized spacial score (nSPS) is 12.2. The molecule has 1 atom stereocenters. The fourth-order valence-corrected chi connectivity index (χ4v) is 2.57. The van der Waals surface area contributed by atoms with Gasteiger partial charge in [0, 0.05) is 18.1 Å². The average Bonchev–Trinajstić information content (AvgIpc) is 2.90. The van der Waals surface area contributed by atoms with Gasteiger partial charge in [-0.2, -0.15) is 0 Å². The minimum atomic E-state index is -1.29. The lowest BCUT2D eigenvalue weighted by Gasteiger charge is -2.25. The first-order chi connectivity index (χ1) is 9.02. The molecule has 2 rings (SSSR count). The lowest BCUT2D eigenvalue weighted by Crippen LogP contribution is -2.24. The van der Waals surface area contributed by atoms with Crippen LogP contribution in [-0.2, 0) is 0 Å². The van der Waals surface area contributed by atoms with E-state index in [9.17, 15) is 9.18 Å². The summed E-state index contributed by atoms with van der Waals surface area (Å²) in [5.41, 5.74) is -0.366. The van der Waals surface area contributed by atoms with E-state index in [-0.39, 0.29) is 17.4 Å². The second-order valence-electron chi connectivity index (χ2n) is 4.10. The number of carboxylic acids is 1. The van der Waals surface area contributed by atoms with Crippen molar-refractivity contribution in [3.63, 3.8) is 0 Å². The molecule has 6 heteroatoms. The highest BCUT2D eigenvalue weighted by Crippen LogP contribution is 2.29. The Morgan fingerprint density at radius 2 is 2.26 bits per heavy atom. The van der Waals surface area contributed by atoms with E-state index in [2.05, 4.69) is 4.98 Å². The molecule has 2 aromatic rings. The van der Waals surface area contributed by atoms with Gasteiger partial charge in [0.25, 0.3) is 0 Å². The van der Waals surface area contributed by atoms with Crippen LogP contribution in [0.2, 0.25) is 0 Å². The third-order valence-electron chi connectivity index (χ3n) is 2.97. The van der Waals surface area contributed by atoms with Gasteiger partial charge >= 0.3 is 5.97 Å². The average molecular weight is 280 g/mol. The maximum Gasteiger partial charge on any atom is 0.338 e. The zero-order chi connectivity index (χ0) is 14.0. The monoisotopic (exact) mass is 280 g/mol. The fourth-order valence-electron chi connectivity index (χ4n) is 1.75. The Morgan fingerprint density at radius 1 is 1.53 bits per heavy atom. The van der Waals surface area contributed by atoms with Crippen molar-refractivity contribution in [1.29, 1.82) is 0 Å². The summed E-state index contributed by atoms with van der Waals surface area (Å²) in [5.74, 6) is -2.06. The first kappa shape index (κ1) is 13.5. The number of anilines is 1. The molecule has 0 aliphatic carbocycles. The predicted octanol–water partition coefficient (Wildman–Crippen LogP) is 3.18. The lowest BCUT2D eigenvalue weighted by atomic mass is 10.2. The van der Waals surface area contributed by atoms with Crippen LogP contribution in [0, 0.1) is 5.82 Å². The van der Waals surface area contributed by atoms with Crippen LogP contribution in [-0.4, -0.2) is 23.1 Å². The maximum absolute atomic E-state index is 14.1. The number of carbonyl (C=O) groups is 1. The van der Waals surface area contributed by atoms with Gasteiger partial charge in [-0.15, -0.1) is 11.3 Å². The highest BCUT2D eigenvalue weighted by atomic mass is 32.1. The van der Waals surface area contributed by atoms with Gasteiger partial charge in [-0.3, -0.25) is 0 Å². The van der Waals surface area contributed by atoms with Gasteiger partial charge in [0.15, 0.2) is 11.6 Å². The van der Waals surface area contributed by atoms with Gasteiger partial charge in [-0.05, 0) is 24.4 Å². The number of aromatic nitrogens is 1. The molecular formula is C13H13FN2O2S. The number of halogens is 1. The lowest BCUT2D eigenvalue weighted by molar-refractivity contribution is 0.0691. The molecule has 0 bridgehead atoms. The molecule has 1 unspecified atom stereocenters. The predicted molar refractivity (Wildman–Crippen MR) is 72.3 cm³/mol. The van der Waals surface area contributed by atoms with Crippen LogP contribution in [0.15, 0.2) is 29.8 Å². The molecule has 0 aromatic carbocycles. The second kappa shape index (κ2) is 5.36. The first-order valence-corrected chi connectivity index (χ1v) is 6.54. The Kier molecular flexibility index (Phi) is 3.80. The van der Waals surface area contributed by atoms with Crippen LogP contribution in [0.5, 0.6) is 0 Å². The molecule has 4 nitrogen and oxygen atoms in total. The number of carboxylic acid groups (broad SMARTS) is 1. The Hall–Kier alpha value is -1.95. The van der Waals surface area contributed by atoms with Crippen molar-refractivity contribution >= 4 is 23.1 Å². The second-order valence-corrected chi connectivity index (χ2v) is 5.08. The standard InChI is InChI=1S/C13H13FN2O2S/c1-8(10-4-3-7-19-10)16(2)12-11(14)9(13(17)18)5-6-15-12/h3-8H,1-2H3,(H,17,18). The third-order valence-corrected chi connectivity index (χ3v) is 4.01. The van der Waals surface area contributed by atoms with Crippen LogP contribution < -0.4 is 4.90 Å². The highest BCUT2D eigenvalue weighted by molar-refractivity contribution is 7.10. The van der Waals surface area contributed by atoms with Crippen molar-refractivity contribution < 1.29 is 14.3 Å². The van der Waals surface area contributed by atoms with Crippen LogP contribution >= 0.6 is 11.3 Å². The topological polar surface area (TPSA) is 53.4 Å². The molecule has 0 saturated carbocycles. The molecule has 2 aromatic heterocycles. The van der Waals surface area contributed by atoms with E-state index in [4.69, 9.17) is 5.11 Å². The quantitative estimate of drug-likeness (QED) is 0.934. The van der Waals surface area contributed by atoms with E-state index in [1.54, 1.807) is 23.3 Å². The van der Waals surface area contributed by atoms with E-state index in [1.165, 1.54) is 6.20 Å². The zero-order valence-corrected chi connectivity index (χ0v) is 11.3. The van der Waals surface area contributed by atoms with Crippen molar-refractivity contribution in [2.45, 2.75) is 13.0 Å². The summed E-state index contributed by atoms with van der Waals surface area (Å²) in [4.78, 5) is 17.5. The van der Waals surface area contributed by atoms with E-state index in [0.717, 1.165) is 10.9 Å². The fraction of sp³-hybridized carbons (Fsp3) is 0.231. The Morgan fingerprint density at radius 3 is 2.84 bits per heavy atom. The van der Waals surface area contributed by atoms with E-state index in [1.807, 2.05) is 24.4 Å². The molecule has 0 fully saturated rings. The molecular weight excluding hydrogens is 267 g/mol. The molecule has 100 valence electrons. The third kappa shape index (κ3) is 2.58. The number of rotatable bonds is 4. The van der Waals surface area contributed by atoms with E-state index < -0.39 is 11.8 Å². The number of thiophene rings is 1. The number of hydrogen-bond donors (Lipinski definition) is 1. The number of hydrogen-bond acceptors (Lipinski definition) is 4. The Bertz CT molecular complexity index is 586. The van der Waals surface area contributed by atoms with Crippen LogP contribution in [0.4, 0.5) is 10.2 Å². The summed E-state index contributed by atoms with van der Waals surface area (Å²) in [6.07, 6.45) is 1.31. The van der Waals surface area contributed by atoms with Crippen molar-refractivity contribution in [2.24, 2.45) is 0 Å². The van der Waals surface area contributed by atoms with Gasteiger partial charge in [0.05, 0.1) is 6.04 Å². The summed E-state index contributed by atoms with van der Waals surface area (Å²) < 4.78 is 14.1. The van der Waals surface area contributed by atoms with Crippen LogP contribution in [0.3, 0.4) is 0 Å². The molecule has 0 radical (unpaired) electrons. The molecule has 0 spiro atoms. The van der Waals surface area contributed by atoms with Crippen LogP contribution in [0.1, 0.15) is 28.2 Å². The highest BCUT2D eigenvalue weighted by Gasteiger charge is 2.21. The van der Waals surface area contributed by atoms with Gasteiger partial charge in [-0.1, -0.05) is 6.07 Å². The Balaban J connectivity index is 2.36. The number of nitrogens with zero attached hydrogens (tertiary/aromatic N) is 2. The minimum absolute atomic E-state index is 0.0424. The molecule has 19 heavy (non-hydrogen) atoms. The number of aromatic carboxylic acids is 1. The Labute approximate surface area is 114 Å². The summed E-state index contributed by atoms with van der Waals surface area (Å²) in [6.45, 7) is 1.92. The molecule has 0 amide bonds. The van der Waals surface area contributed by atoms with Crippen molar-refractivity contribution in [3.8, 4) is 0 Å². The van der Waals surface area contributed by atoms with Gasteiger partial charge in [0.1, 0.15) is 5.56 Å². The number of pyridine rings is 1. The summed E-state index contributed by atoms with van der Waals surface area (Å²) in [5, 5.41) is 10.9. The molecule has 0 saturated heterocycles. The van der Waals surface area contributed by atoms with Crippen molar-refractivity contribution in [3.05, 3.63) is 46.0 Å². The van der Waals surface area contributed by atoms with E-state index >= 15 is 0 Å². The van der Waals surface area contributed by atoms with Gasteiger partial charge in [-0.25, -0.2) is 14.2 Å². The first-order valence-electron chi connectivity index (χ1n) is 5.66. The zero-order valence-electron chi connectivity index (χ0n) is 10.5. The SMILES string of the molecule is CC(c1cccs1)N(C)c1nccc(C(=O)O)c1F. The molecule has 2 heterocycles. The summed E-state index contributed by atoms with van der Waals surface area (Å²) >= 11 is 1.56. The summed E-state index contributed by atoms with van der Waals surface area (Å²) in [6, 6.07) is 4.95. The van der Waals surface area contributed by atoms with E-state index in [0.29, 0.717) is 0 Å². The van der Waals surface area contributed by atoms with Gasteiger partial charge in [0.2, 0.25) is 0 Å². The smallest absolute Gasteiger partial charge is 0.338 e. The van der Waals surface area contributed by atoms with Gasteiger partial charge < -0.3 is 10.0 Å². The van der Waals surface area contributed by atoms with Crippen molar-refractivity contribution in [2.75, 3.05) is 11.9 Å². The maximum atomic E-state index is 14.1. The summed E-state index contributed by atoms with van der Waals surface area (Å²) in [7, 11) is 1.70. The minimum Gasteiger partial charge on any atom is -0.478 e. The van der Waals surface area contributed by atoms with Crippen LogP contribution in [0.25, 0.3) is 0 Å². The molecule has 0 aliphatic heterocycles. The largest absolute Gasteiger partial charge is 0.478 e. The molecule has 0 aliphatic rings. The van der Waals surface area contributed by atoms with Crippen molar-refractivity contribution in [1.82, 2.24) is 4.98 Å².